The number of rotatable bonds is 2. The van der Waals surface area contributed by atoms with Crippen LogP contribution in [0.15, 0.2) is 34.1 Å². The van der Waals surface area contributed by atoms with E-state index in [1.807, 2.05) is 0 Å². The van der Waals surface area contributed by atoms with E-state index >= 15 is 0 Å². The van der Waals surface area contributed by atoms with Crippen LogP contribution in [0, 0.1) is 12.7 Å². The lowest BCUT2D eigenvalue weighted by Gasteiger charge is -2.00. The van der Waals surface area contributed by atoms with E-state index in [9.17, 15) is 4.39 Å². The topological polar surface area (TPSA) is 71.5 Å². The average molecular weight is 221 g/mol. The van der Waals surface area contributed by atoms with Crippen molar-refractivity contribution in [2.24, 2.45) is 5.16 Å². The number of aromatic nitrogens is 2. The van der Waals surface area contributed by atoms with Crippen molar-refractivity contribution >= 4 is 5.71 Å². The zero-order valence-electron chi connectivity index (χ0n) is 8.38. The van der Waals surface area contributed by atoms with Gasteiger partial charge in [-0.25, -0.2) is 9.02 Å². The van der Waals surface area contributed by atoms with E-state index in [-0.39, 0.29) is 11.4 Å². The van der Waals surface area contributed by atoms with Gasteiger partial charge in [0.1, 0.15) is 17.2 Å². The minimum atomic E-state index is -0.423. The molecule has 0 unspecified atom stereocenters. The monoisotopic (exact) mass is 221 g/mol. The maximum Gasteiger partial charge on any atom is 0.160 e. The van der Waals surface area contributed by atoms with Crippen LogP contribution in [0.3, 0.4) is 0 Å². The lowest BCUT2D eigenvalue weighted by atomic mass is 10.1. The Morgan fingerprint density at radius 2 is 2.25 bits per heavy atom. The fourth-order valence-corrected chi connectivity index (χ4v) is 1.32. The molecule has 0 fully saturated rings. The van der Waals surface area contributed by atoms with Crippen LogP contribution in [0.4, 0.5) is 4.39 Å². The lowest BCUT2D eigenvalue weighted by Crippen LogP contribution is -2.06. The molecule has 0 saturated heterocycles. The second-order valence-corrected chi connectivity index (χ2v) is 3.16. The van der Waals surface area contributed by atoms with Crippen LogP contribution in [0.2, 0.25) is 0 Å². The largest absolute Gasteiger partial charge is 0.410 e. The summed E-state index contributed by atoms with van der Waals surface area (Å²) in [6, 6.07) is 5.65. The highest BCUT2D eigenvalue weighted by atomic mass is 19.1. The van der Waals surface area contributed by atoms with Crippen molar-refractivity contribution < 1.29 is 14.2 Å². The minimum Gasteiger partial charge on any atom is -0.410 e. The van der Waals surface area contributed by atoms with Gasteiger partial charge in [-0.15, -0.1) is 0 Å². The molecule has 5 nitrogen and oxygen atoms in total. The van der Waals surface area contributed by atoms with Gasteiger partial charge in [0.05, 0.1) is 0 Å². The van der Waals surface area contributed by atoms with E-state index in [1.165, 1.54) is 18.2 Å². The van der Waals surface area contributed by atoms with Crippen LogP contribution in [-0.2, 0) is 0 Å². The summed E-state index contributed by atoms with van der Waals surface area (Å²) in [6.45, 7) is 1.65. The lowest BCUT2D eigenvalue weighted by molar-refractivity contribution is 0.302. The molecule has 2 aromatic rings. The number of hydrogen-bond acceptors (Lipinski definition) is 5. The summed E-state index contributed by atoms with van der Waals surface area (Å²) in [7, 11) is 0. The van der Waals surface area contributed by atoms with Gasteiger partial charge in [0, 0.05) is 5.56 Å². The number of oxime groups is 1. The van der Waals surface area contributed by atoms with Gasteiger partial charge >= 0.3 is 0 Å². The third kappa shape index (κ3) is 1.77. The molecule has 1 N–H and O–H groups in total. The second kappa shape index (κ2) is 4.09. The Kier molecular flexibility index (Phi) is 2.63. The first-order chi connectivity index (χ1) is 7.72. The Hall–Kier alpha value is -2.24. The van der Waals surface area contributed by atoms with Gasteiger partial charge in [-0.3, -0.25) is 0 Å². The summed E-state index contributed by atoms with van der Waals surface area (Å²) in [5, 5.41) is 19.2. The number of aryl methyl sites for hydroxylation is 1. The van der Waals surface area contributed by atoms with Crippen molar-refractivity contribution in [2.75, 3.05) is 0 Å². The highest BCUT2D eigenvalue weighted by Crippen LogP contribution is 2.12. The Labute approximate surface area is 90.2 Å². The molecule has 1 aromatic heterocycles. The average Bonchev–Trinajstić information content (AvgIpc) is 2.67. The van der Waals surface area contributed by atoms with Gasteiger partial charge in [-0.1, -0.05) is 22.4 Å². The van der Waals surface area contributed by atoms with E-state index in [4.69, 9.17) is 5.21 Å². The molecule has 0 bridgehead atoms. The number of nitrogens with zero attached hydrogens (tertiary/aromatic N) is 3. The first-order valence-corrected chi connectivity index (χ1v) is 4.50. The van der Waals surface area contributed by atoms with Gasteiger partial charge in [0.25, 0.3) is 0 Å². The molecular weight excluding hydrogens is 213 g/mol. The fourth-order valence-electron chi connectivity index (χ4n) is 1.32. The summed E-state index contributed by atoms with van der Waals surface area (Å²) in [5.74, 6) is -0.423. The quantitative estimate of drug-likeness (QED) is 0.476. The standard InChI is InChI=1S/C10H8FN3O2/c1-6-9(14-16-13-6)10(12-15)7-3-2-4-8(11)5-7/h2-5,15H,1H3/b12-10-. The van der Waals surface area contributed by atoms with Gasteiger partial charge < -0.3 is 5.21 Å². The highest BCUT2D eigenvalue weighted by Gasteiger charge is 2.16. The molecular formula is C10H8FN3O2. The summed E-state index contributed by atoms with van der Waals surface area (Å²) < 4.78 is 17.5. The highest BCUT2D eigenvalue weighted by molar-refractivity contribution is 6.11. The molecule has 0 aliphatic carbocycles. The van der Waals surface area contributed by atoms with Gasteiger partial charge in [-0.2, -0.15) is 0 Å². The molecule has 0 radical (unpaired) electrons. The van der Waals surface area contributed by atoms with E-state index in [0.29, 0.717) is 11.3 Å². The summed E-state index contributed by atoms with van der Waals surface area (Å²) >= 11 is 0. The van der Waals surface area contributed by atoms with Gasteiger partial charge in [0.15, 0.2) is 5.69 Å². The third-order valence-electron chi connectivity index (χ3n) is 2.07. The Morgan fingerprint density at radius 1 is 1.44 bits per heavy atom. The molecule has 0 spiro atoms. The molecule has 2 rings (SSSR count). The maximum atomic E-state index is 13.0. The Bertz CT molecular complexity index is 536. The summed E-state index contributed by atoms with van der Waals surface area (Å²) in [6.07, 6.45) is 0. The normalized spacial score (nSPS) is 11.8. The van der Waals surface area contributed by atoms with Crippen molar-refractivity contribution in [1.82, 2.24) is 10.3 Å². The van der Waals surface area contributed by atoms with Gasteiger partial charge in [-0.05, 0) is 24.2 Å². The van der Waals surface area contributed by atoms with Crippen molar-refractivity contribution in [2.45, 2.75) is 6.92 Å². The molecule has 6 heteroatoms. The predicted octanol–water partition coefficient (Wildman–Crippen LogP) is 1.74. The molecule has 0 aliphatic heterocycles. The summed E-state index contributed by atoms with van der Waals surface area (Å²) in [5.41, 5.74) is 1.28. The molecule has 0 amide bonds. The Morgan fingerprint density at radius 3 is 2.81 bits per heavy atom. The van der Waals surface area contributed by atoms with E-state index in [2.05, 4.69) is 20.1 Å². The number of hydrogen-bond donors (Lipinski definition) is 1. The van der Waals surface area contributed by atoms with Gasteiger partial charge in [0.2, 0.25) is 0 Å². The van der Waals surface area contributed by atoms with Crippen LogP contribution in [0.1, 0.15) is 17.0 Å². The van der Waals surface area contributed by atoms with Crippen LogP contribution in [0.25, 0.3) is 0 Å². The maximum absolute atomic E-state index is 13.0. The van der Waals surface area contributed by atoms with E-state index in [0.717, 1.165) is 0 Å². The fraction of sp³-hybridized carbons (Fsp3) is 0.100. The molecule has 16 heavy (non-hydrogen) atoms. The molecule has 0 aliphatic rings. The Balaban J connectivity index is 2.50. The van der Waals surface area contributed by atoms with E-state index in [1.54, 1.807) is 13.0 Å². The predicted molar refractivity (Wildman–Crippen MR) is 52.9 cm³/mol. The number of halogens is 1. The minimum absolute atomic E-state index is 0.123. The third-order valence-corrected chi connectivity index (χ3v) is 2.07. The first-order valence-electron chi connectivity index (χ1n) is 4.50. The molecule has 1 heterocycles. The molecule has 0 saturated carbocycles. The molecule has 82 valence electrons. The first kappa shape index (κ1) is 10.3. The van der Waals surface area contributed by atoms with Crippen molar-refractivity contribution in [3.63, 3.8) is 0 Å². The zero-order valence-corrected chi connectivity index (χ0v) is 8.38. The van der Waals surface area contributed by atoms with Crippen molar-refractivity contribution in [3.8, 4) is 0 Å². The van der Waals surface area contributed by atoms with Crippen LogP contribution >= 0.6 is 0 Å². The van der Waals surface area contributed by atoms with Crippen LogP contribution in [-0.4, -0.2) is 21.2 Å². The van der Waals surface area contributed by atoms with Crippen molar-refractivity contribution in [1.29, 1.82) is 0 Å². The van der Waals surface area contributed by atoms with Crippen LogP contribution in [0.5, 0.6) is 0 Å². The van der Waals surface area contributed by atoms with E-state index < -0.39 is 5.82 Å². The van der Waals surface area contributed by atoms with Crippen molar-refractivity contribution in [3.05, 3.63) is 47.0 Å². The SMILES string of the molecule is Cc1nonc1/C(=N\O)c1cccc(F)c1. The molecule has 0 atom stereocenters. The second-order valence-electron chi connectivity index (χ2n) is 3.16. The smallest absolute Gasteiger partial charge is 0.160 e. The molecule has 1 aromatic carbocycles. The van der Waals surface area contributed by atoms with Crippen LogP contribution < -0.4 is 0 Å². The zero-order chi connectivity index (χ0) is 11.5. The number of benzene rings is 1. The summed E-state index contributed by atoms with van der Waals surface area (Å²) in [4.78, 5) is 0.